The molecule has 0 saturated carbocycles. The van der Waals surface area contributed by atoms with Gasteiger partial charge in [-0.25, -0.2) is 0 Å². The Morgan fingerprint density at radius 3 is 2.86 bits per heavy atom. The Hall–Kier alpha value is -1.85. The third-order valence-corrected chi connectivity index (χ3v) is 3.01. The molecule has 6 heteroatoms. The van der Waals surface area contributed by atoms with E-state index in [0.717, 1.165) is 19.4 Å². The number of nitrogens with zero attached hydrogens (tertiary/aromatic N) is 2. The Bertz CT molecular complexity index is 418. The maximum absolute atomic E-state index is 11.6. The molecular weight excluding hydrogens is 270 g/mol. The Balaban J connectivity index is 2.08. The third kappa shape index (κ3) is 8.12. The molecular formula is C15H25N3O3. The van der Waals surface area contributed by atoms with Crippen LogP contribution in [0.15, 0.2) is 18.5 Å². The molecule has 0 aliphatic carbocycles. The second-order valence-corrected chi connectivity index (χ2v) is 5.06. The SMILES string of the molecule is CCCNC(=O)CCCC(=O)OC(C)CCn1cccn1. The zero-order valence-electron chi connectivity index (χ0n) is 12.9. The zero-order chi connectivity index (χ0) is 15.5. The Labute approximate surface area is 125 Å². The van der Waals surface area contributed by atoms with E-state index in [1.165, 1.54) is 0 Å². The Morgan fingerprint density at radius 1 is 1.38 bits per heavy atom. The van der Waals surface area contributed by atoms with E-state index in [1.807, 2.05) is 30.8 Å². The third-order valence-electron chi connectivity index (χ3n) is 3.01. The molecule has 6 nitrogen and oxygen atoms in total. The summed E-state index contributed by atoms with van der Waals surface area (Å²) in [6.45, 7) is 5.28. The summed E-state index contributed by atoms with van der Waals surface area (Å²) in [6.07, 6.45) is 6.29. The number of ether oxygens (including phenoxy) is 1. The molecule has 118 valence electrons. The molecule has 21 heavy (non-hydrogen) atoms. The number of hydrogen-bond donors (Lipinski definition) is 1. The standard InChI is InChI=1S/C15H25N3O3/c1-3-9-16-14(19)6-4-7-15(20)21-13(2)8-12-18-11-5-10-17-18/h5,10-11,13H,3-4,6-9,12H2,1-2H3,(H,16,19). The molecule has 0 spiro atoms. The number of carbonyl (C=O) groups excluding carboxylic acids is 2. The lowest BCUT2D eigenvalue weighted by molar-refractivity contribution is -0.148. The number of aryl methyl sites for hydroxylation is 1. The number of hydrogen-bond acceptors (Lipinski definition) is 4. The molecule has 1 aromatic heterocycles. The molecule has 0 bridgehead atoms. The van der Waals surface area contributed by atoms with Crippen LogP contribution in [0.1, 0.15) is 46.0 Å². The number of carbonyl (C=O) groups is 2. The van der Waals surface area contributed by atoms with Gasteiger partial charge in [-0.3, -0.25) is 14.3 Å². The van der Waals surface area contributed by atoms with Crippen LogP contribution in [0, 0.1) is 0 Å². The first-order chi connectivity index (χ1) is 10.1. The van der Waals surface area contributed by atoms with Crippen LogP contribution in [0.5, 0.6) is 0 Å². The van der Waals surface area contributed by atoms with Crippen LogP contribution < -0.4 is 5.32 Å². The van der Waals surface area contributed by atoms with Crippen LogP contribution in [-0.4, -0.2) is 34.3 Å². The van der Waals surface area contributed by atoms with E-state index in [9.17, 15) is 9.59 Å². The topological polar surface area (TPSA) is 73.2 Å². The van der Waals surface area contributed by atoms with Gasteiger partial charge in [0, 0.05) is 44.7 Å². The molecule has 1 atom stereocenters. The van der Waals surface area contributed by atoms with Gasteiger partial charge in [-0.1, -0.05) is 6.92 Å². The summed E-state index contributed by atoms with van der Waals surface area (Å²) in [5, 5.41) is 6.87. The lowest BCUT2D eigenvalue weighted by Crippen LogP contribution is -2.24. The first-order valence-corrected chi connectivity index (χ1v) is 7.55. The number of nitrogens with one attached hydrogen (secondary N) is 1. The summed E-state index contributed by atoms with van der Waals surface area (Å²) in [7, 11) is 0. The van der Waals surface area contributed by atoms with Gasteiger partial charge in [0.1, 0.15) is 6.10 Å². The van der Waals surface area contributed by atoms with Gasteiger partial charge in [0.15, 0.2) is 0 Å². The van der Waals surface area contributed by atoms with E-state index >= 15 is 0 Å². The van der Waals surface area contributed by atoms with Crippen molar-refractivity contribution in [2.24, 2.45) is 0 Å². The summed E-state index contributed by atoms with van der Waals surface area (Å²) >= 11 is 0. The van der Waals surface area contributed by atoms with Gasteiger partial charge in [-0.15, -0.1) is 0 Å². The van der Waals surface area contributed by atoms with Crippen LogP contribution in [-0.2, 0) is 20.9 Å². The lowest BCUT2D eigenvalue weighted by Gasteiger charge is -2.13. The minimum atomic E-state index is -0.244. The van der Waals surface area contributed by atoms with Crippen molar-refractivity contribution in [3.63, 3.8) is 0 Å². The summed E-state index contributed by atoms with van der Waals surface area (Å²) < 4.78 is 7.11. The lowest BCUT2D eigenvalue weighted by atomic mass is 10.2. The van der Waals surface area contributed by atoms with E-state index in [2.05, 4.69) is 10.4 Å². The van der Waals surface area contributed by atoms with Crippen LogP contribution in [0.3, 0.4) is 0 Å². The maximum atomic E-state index is 11.6. The van der Waals surface area contributed by atoms with E-state index < -0.39 is 0 Å². The van der Waals surface area contributed by atoms with Crippen molar-refractivity contribution < 1.29 is 14.3 Å². The summed E-state index contributed by atoms with van der Waals surface area (Å²) in [6, 6.07) is 1.86. The number of aromatic nitrogens is 2. The van der Waals surface area contributed by atoms with Gasteiger partial charge >= 0.3 is 5.97 Å². The molecule has 0 aromatic carbocycles. The van der Waals surface area contributed by atoms with Crippen molar-refractivity contribution in [2.75, 3.05) is 6.54 Å². The first-order valence-electron chi connectivity index (χ1n) is 7.55. The fourth-order valence-corrected chi connectivity index (χ4v) is 1.84. The van der Waals surface area contributed by atoms with Crippen molar-refractivity contribution in [1.29, 1.82) is 0 Å². The van der Waals surface area contributed by atoms with Gasteiger partial charge in [0.05, 0.1) is 0 Å². The van der Waals surface area contributed by atoms with Crippen molar-refractivity contribution >= 4 is 11.9 Å². The molecule has 1 N–H and O–H groups in total. The molecule has 0 fully saturated rings. The Kier molecular flexibility index (Phi) is 8.16. The normalized spacial score (nSPS) is 11.9. The molecule has 0 saturated heterocycles. The van der Waals surface area contributed by atoms with Gasteiger partial charge in [0.2, 0.25) is 5.91 Å². The predicted molar refractivity (Wildman–Crippen MR) is 79.5 cm³/mol. The average Bonchev–Trinajstić information content (AvgIpc) is 2.96. The second kappa shape index (κ2) is 9.96. The molecule has 0 aliphatic rings. The maximum Gasteiger partial charge on any atom is 0.306 e. The van der Waals surface area contributed by atoms with Crippen LogP contribution in [0.4, 0.5) is 0 Å². The second-order valence-electron chi connectivity index (χ2n) is 5.06. The fraction of sp³-hybridized carbons (Fsp3) is 0.667. The summed E-state index contributed by atoms with van der Waals surface area (Å²) in [4.78, 5) is 23.0. The van der Waals surface area contributed by atoms with Gasteiger partial charge in [-0.05, 0) is 25.8 Å². The monoisotopic (exact) mass is 295 g/mol. The molecule has 0 radical (unpaired) electrons. The average molecular weight is 295 g/mol. The highest BCUT2D eigenvalue weighted by Gasteiger charge is 2.10. The highest BCUT2D eigenvalue weighted by molar-refractivity contribution is 5.76. The van der Waals surface area contributed by atoms with Crippen molar-refractivity contribution in [3.05, 3.63) is 18.5 Å². The molecule has 1 amide bonds. The predicted octanol–water partition coefficient (Wildman–Crippen LogP) is 1.90. The largest absolute Gasteiger partial charge is 0.463 e. The highest BCUT2D eigenvalue weighted by Crippen LogP contribution is 2.05. The van der Waals surface area contributed by atoms with Gasteiger partial charge in [-0.2, -0.15) is 5.10 Å². The van der Waals surface area contributed by atoms with Crippen LogP contribution >= 0.6 is 0 Å². The minimum Gasteiger partial charge on any atom is -0.463 e. The molecule has 1 unspecified atom stereocenters. The summed E-state index contributed by atoms with van der Waals surface area (Å²) in [5.41, 5.74) is 0. The first kappa shape index (κ1) is 17.2. The zero-order valence-corrected chi connectivity index (χ0v) is 12.9. The van der Waals surface area contributed by atoms with Gasteiger partial charge in [0.25, 0.3) is 0 Å². The quantitative estimate of drug-likeness (QED) is 0.669. The Morgan fingerprint density at radius 2 is 2.19 bits per heavy atom. The molecule has 0 aliphatic heterocycles. The van der Waals surface area contributed by atoms with E-state index in [0.29, 0.717) is 19.4 Å². The number of esters is 1. The highest BCUT2D eigenvalue weighted by atomic mass is 16.5. The smallest absolute Gasteiger partial charge is 0.306 e. The van der Waals surface area contributed by atoms with Crippen LogP contribution in [0.25, 0.3) is 0 Å². The van der Waals surface area contributed by atoms with E-state index in [-0.39, 0.29) is 24.4 Å². The van der Waals surface area contributed by atoms with E-state index in [1.54, 1.807) is 6.20 Å². The molecule has 1 rings (SSSR count). The van der Waals surface area contributed by atoms with Crippen molar-refractivity contribution in [1.82, 2.24) is 15.1 Å². The van der Waals surface area contributed by atoms with Gasteiger partial charge < -0.3 is 10.1 Å². The van der Waals surface area contributed by atoms with Crippen LogP contribution in [0.2, 0.25) is 0 Å². The molecule has 1 aromatic rings. The molecule has 1 heterocycles. The number of rotatable bonds is 10. The fourth-order valence-electron chi connectivity index (χ4n) is 1.84. The van der Waals surface area contributed by atoms with Crippen molar-refractivity contribution in [2.45, 2.75) is 58.6 Å². The van der Waals surface area contributed by atoms with E-state index in [4.69, 9.17) is 4.74 Å². The summed E-state index contributed by atoms with van der Waals surface area (Å²) in [5.74, 6) is -0.248. The minimum absolute atomic E-state index is 0.00335. The number of amides is 1. The van der Waals surface area contributed by atoms with Crippen molar-refractivity contribution in [3.8, 4) is 0 Å².